The number of aromatic nitrogens is 2. The highest BCUT2D eigenvalue weighted by molar-refractivity contribution is 5.93. The van der Waals surface area contributed by atoms with Crippen LogP contribution in [0.3, 0.4) is 0 Å². The zero-order valence-electron chi connectivity index (χ0n) is 16.8. The third-order valence-electron chi connectivity index (χ3n) is 5.00. The van der Waals surface area contributed by atoms with E-state index in [0.717, 1.165) is 5.56 Å². The van der Waals surface area contributed by atoms with Gasteiger partial charge in [0, 0.05) is 30.1 Å². The topological polar surface area (TPSA) is 108 Å². The van der Waals surface area contributed by atoms with Crippen molar-refractivity contribution in [1.82, 2.24) is 14.9 Å². The predicted molar refractivity (Wildman–Crippen MR) is 113 cm³/mol. The summed E-state index contributed by atoms with van der Waals surface area (Å²) in [6.07, 6.45) is 2.77. The number of para-hydroxylation sites is 1. The molecule has 31 heavy (non-hydrogen) atoms. The molecule has 0 radical (unpaired) electrons. The van der Waals surface area contributed by atoms with Crippen molar-refractivity contribution in [2.75, 3.05) is 26.3 Å². The molecule has 0 saturated carbocycles. The van der Waals surface area contributed by atoms with Crippen LogP contribution in [0.15, 0.2) is 67.0 Å². The van der Waals surface area contributed by atoms with Gasteiger partial charge in [-0.1, -0.05) is 30.3 Å². The summed E-state index contributed by atoms with van der Waals surface area (Å²) in [6, 6.07) is 16.1. The van der Waals surface area contributed by atoms with Gasteiger partial charge in [0.15, 0.2) is 6.61 Å². The Labute approximate surface area is 179 Å². The molecule has 2 aromatic carbocycles. The fraction of sp³-hybridized carbons (Fsp3) is 0.217. The lowest BCUT2D eigenvalue weighted by atomic mass is 10.0. The second kappa shape index (κ2) is 9.36. The van der Waals surface area contributed by atoms with Crippen molar-refractivity contribution in [3.05, 3.63) is 78.2 Å². The van der Waals surface area contributed by atoms with Crippen LogP contribution >= 0.6 is 0 Å². The summed E-state index contributed by atoms with van der Waals surface area (Å²) in [7, 11) is 0. The van der Waals surface area contributed by atoms with Crippen molar-refractivity contribution in [3.63, 3.8) is 0 Å². The summed E-state index contributed by atoms with van der Waals surface area (Å²) in [5.41, 5.74) is 7.79. The van der Waals surface area contributed by atoms with Crippen LogP contribution in [0.5, 0.6) is 5.75 Å². The molecule has 4 rings (SSSR count). The Morgan fingerprint density at radius 1 is 1.06 bits per heavy atom. The maximum Gasteiger partial charge on any atom is 0.260 e. The van der Waals surface area contributed by atoms with Gasteiger partial charge in [-0.25, -0.2) is 0 Å². The molecule has 8 heteroatoms. The molecule has 1 fully saturated rings. The molecule has 0 bridgehead atoms. The minimum Gasteiger partial charge on any atom is -0.484 e. The molecule has 2 amide bonds. The first-order valence-electron chi connectivity index (χ1n) is 9.90. The smallest absolute Gasteiger partial charge is 0.260 e. The highest BCUT2D eigenvalue weighted by Crippen LogP contribution is 2.29. The monoisotopic (exact) mass is 418 g/mol. The van der Waals surface area contributed by atoms with E-state index < -0.39 is 12.0 Å². The molecule has 8 nitrogen and oxygen atoms in total. The first-order valence-corrected chi connectivity index (χ1v) is 9.90. The Morgan fingerprint density at radius 3 is 2.55 bits per heavy atom. The second-order valence-electron chi connectivity index (χ2n) is 7.03. The van der Waals surface area contributed by atoms with Gasteiger partial charge >= 0.3 is 0 Å². The Bertz CT molecular complexity index is 1060. The maximum absolute atomic E-state index is 12.7. The van der Waals surface area contributed by atoms with Gasteiger partial charge in [-0.3, -0.25) is 19.6 Å². The molecule has 1 aliphatic heterocycles. The van der Waals surface area contributed by atoms with E-state index in [9.17, 15) is 9.59 Å². The van der Waals surface area contributed by atoms with Gasteiger partial charge in [0.2, 0.25) is 5.91 Å². The van der Waals surface area contributed by atoms with Gasteiger partial charge in [0.25, 0.3) is 5.91 Å². The Morgan fingerprint density at radius 2 is 1.81 bits per heavy atom. The van der Waals surface area contributed by atoms with Crippen LogP contribution in [0.4, 0.5) is 0 Å². The third kappa shape index (κ3) is 4.87. The number of amides is 2. The van der Waals surface area contributed by atoms with Crippen molar-refractivity contribution in [2.45, 2.75) is 6.10 Å². The number of hydrogen-bond donors (Lipinski definition) is 1. The third-order valence-corrected chi connectivity index (χ3v) is 5.00. The SMILES string of the molecule is NC(=O)c1ccc(-c2nccnc2C2CN(C(=O)COc3ccccc3)CCO2)cc1. The minimum atomic E-state index is -0.492. The van der Waals surface area contributed by atoms with Gasteiger partial charge in [-0.05, 0) is 24.3 Å². The number of ether oxygens (including phenoxy) is 2. The fourth-order valence-corrected chi connectivity index (χ4v) is 3.39. The standard InChI is InChI=1S/C23H22N4O4/c24-23(29)17-8-6-16(7-9-17)21-22(26-11-10-25-21)19-14-27(12-13-30-19)20(28)15-31-18-4-2-1-3-5-18/h1-11,19H,12-15H2,(H2,24,29). The zero-order valence-corrected chi connectivity index (χ0v) is 16.8. The lowest BCUT2D eigenvalue weighted by Gasteiger charge is -2.33. The average molecular weight is 418 g/mol. The first-order chi connectivity index (χ1) is 15.1. The molecule has 3 aromatic rings. The van der Waals surface area contributed by atoms with Gasteiger partial charge in [-0.2, -0.15) is 0 Å². The largest absolute Gasteiger partial charge is 0.484 e. The molecular weight excluding hydrogens is 396 g/mol. The van der Waals surface area contributed by atoms with Crippen LogP contribution < -0.4 is 10.5 Å². The number of carbonyl (C=O) groups excluding carboxylic acids is 2. The first kappa shape index (κ1) is 20.5. The number of carbonyl (C=O) groups is 2. The summed E-state index contributed by atoms with van der Waals surface area (Å²) in [6.45, 7) is 1.18. The molecule has 158 valence electrons. The van der Waals surface area contributed by atoms with Crippen LogP contribution in [0.1, 0.15) is 22.2 Å². The van der Waals surface area contributed by atoms with E-state index in [4.69, 9.17) is 15.2 Å². The second-order valence-corrected chi connectivity index (χ2v) is 7.03. The summed E-state index contributed by atoms with van der Waals surface area (Å²) < 4.78 is 11.5. The van der Waals surface area contributed by atoms with Gasteiger partial charge in [0.05, 0.1) is 24.5 Å². The summed E-state index contributed by atoms with van der Waals surface area (Å²) >= 11 is 0. The van der Waals surface area contributed by atoms with Crippen LogP contribution in [-0.2, 0) is 9.53 Å². The van der Waals surface area contributed by atoms with Crippen molar-refractivity contribution in [2.24, 2.45) is 5.73 Å². The molecular formula is C23H22N4O4. The van der Waals surface area contributed by atoms with Crippen LogP contribution in [0.25, 0.3) is 11.3 Å². The number of primary amides is 1. The predicted octanol–water partition coefficient (Wildman–Crippen LogP) is 2.22. The Kier molecular flexibility index (Phi) is 6.18. The van der Waals surface area contributed by atoms with Crippen molar-refractivity contribution in [1.29, 1.82) is 0 Å². The summed E-state index contributed by atoms with van der Waals surface area (Å²) in [4.78, 5) is 34.7. The number of benzene rings is 2. The van der Waals surface area contributed by atoms with Crippen molar-refractivity contribution in [3.8, 4) is 17.0 Å². The zero-order chi connectivity index (χ0) is 21.6. The number of nitrogens with two attached hydrogens (primary N) is 1. The van der Waals surface area contributed by atoms with E-state index in [2.05, 4.69) is 9.97 Å². The van der Waals surface area contributed by atoms with E-state index in [1.807, 2.05) is 30.3 Å². The molecule has 1 aromatic heterocycles. The van der Waals surface area contributed by atoms with Gasteiger partial charge in [-0.15, -0.1) is 0 Å². The molecule has 1 atom stereocenters. The number of hydrogen-bond acceptors (Lipinski definition) is 6. The Balaban J connectivity index is 1.48. The minimum absolute atomic E-state index is 0.0430. The highest BCUT2D eigenvalue weighted by atomic mass is 16.5. The molecule has 1 unspecified atom stereocenters. The molecule has 1 aliphatic rings. The van der Waals surface area contributed by atoms with E-state index in [1.54, 1.807) is 41.6 Å². The van der Waals surface area contributed by atoms with Crippen LogP contribution in [0, 0.1) is 0 Å². The number of morpholine rings is 1. The molecule has 0 aliphatic carbocycles. The number of rotatable bonds is 6. The van der Waals surface area contributed by atoms with Gasteiger partial charge < -0.3 is 20.1 Å². The summed E-state index contributed by atoms with van der Waals surface area (Å²) in [5, 5.41) is 0. The highest BCUT2D eigenvalue weighted by Gasteiger charge is 2.29. The Hall–Kier alpha value is -3.78. The molecule has 1 saturated heterocycles. The van der Waals surface area contributed by atoms with E-state index in [-0.39, 0.29) is 12.5 Å². The van der Waals surface area contributed by atoms with Gasteiger partial charge in [0.1, 0.15) is 11.9 Å². The van der Waals surface area contributed by atoms with E-state index >= 15 is 0 Å². The molecule has 2 N–H and O–H groups in total. The number of nitrogens with zero attached hydrogens (tertiary/aromatic N) is 3. The van der Waals surface area contributed by atoms with E-state index in [0.29, 0.717) is 42.4 Å². The molecule has 2 heterocycles. The van der Waals surface area contributed by atoms with Crippen molar-refractivity contribution >= 4 is 11.8 Å². The maximum atomic E-state index is 12.7. The lowest BCUT2D eigenvalue weighted by molar-refractivity contribution is -0.141. The van der Waals surface area contributed by atoms with Crippen molar-refractivity contribution < 1.29 is 19.1 Å². The lowest BCUT2D eigenvalue weighted by Crippen LogP contribution is -2.44. The normalized spacial score (nSPS) is 16.0. The fourth-order valence-electron chi connectivity index (χ4n) is 3.39. The summed E-state index contributed by atoms with van der Waals surface area (Å²) in [5.74, 6) is 0.0399. The van der Waals surface area contributed by atoms with Crippen LogP contribution in [-0.4, -0.2) is 53.0 Å². The average Bonchev–Trinajstić information content (AvgIpc) is 2.83. The van der Waals surface area contributed by atoms with E-state index in [1.165, 1.54) is 0 Å². The van der Waals surface area contributed by atoms with Crippen LogP contribution in [0.2, 0.25) is 0 Å². The molecule has 0 spiro atoms. The quantitative estimate of drug-likeness (QED) is 0.658.